The monoisotopic (exact) mass is 275 g/mol. The third-order valence-corrected chi connectivity index (χ3v) is 4.11. The summed E-state index contributed by atoms with van der Waals surface area (Å²) in [7, 11) is 0. The topological polar surface area (TPSA) is 90.7 Å². The van der Waals surface area contributed by atoms with Crippen LogP contribution in [0.15, 0.2) is 30.9 Å². The van der Waals surface area contributed by atoms with Crippen molar-refractivity contribution in [1.82, 2.24) is 15.0 Å². The fourth-order valence-corrected chi connectivity index (χ4v) is 2.88. The molecule has 0 radical (unpaired) electrons. The average molecular weight is 275 g/mol. The molecule has 0 fully saturated rings. The molecular formula is C11H9N5S2. The van der Waals surface area contributed by atoms with Gasteiger partial charge in [0.25, 0.3) is 0 Å². The summed E-state index contributed by atoms with van der Waals surface area (Å²) in [5.74, 6) is 0. The zero-order chi connectivity index (χ0) is 12.5. The van der Waals surface area contributed by atoms with E-state index in [2.05, 4.69) is 15.0 Å². The van der Waals surface area contributed by atoms with Gasteiger partial charge in [-0.05, 0) is 6.07 Å². The second-order valence-electron chi connectivity index (χ2n) is 3.59. The molecule has 0 unspecified atom stereocenters. The van der Waals surface area contributed by atoms with Crippen LogP contribution in [0.5, 0.6) is 0 Å². The van der Waals surface area contributed by atoms with Gasteiger partial charge in [-0.1, -0.05) is 22.7 Å². The summed E-state index contributed by atoms with van der Waals surface area (Å²) in [4.78, 5) is 14.3. The van der Waals surface area contributed by atoms with Crippen LogP contribution in [0.3, 0.4) is 0 Å². The zero-order valence-corrected chi connectivity index (χ0v) is 10.8. The summed E-state index contributed by atoms with van der Waals surface area (Å²) >= 11 is 2.88. The van der Waals surface area contributed by atoms with Crippen LogP contribution >= 0.6 is 22.7 Å². The Balaban J connectivity index is 2.04. The predicted octanol–water partition coefficient (Wildman–Crippen LogP) is 2.49. The van der Waals surface area contributed by atoms with Gasteiger partial charge in [-0.3, -0.25) is 4.98 Å². The molecule has 0 aromatic carbocycles. The van der Waals surface area contributed by atoms with Crippen molar-refractivity contribution in [1.29, 1.82) is 0 Å². The van der Waals surface area contributed by atoms with Gasteiger partial charge < -0.3 is 11.5 Å². The maximum Gasteiger partial charge on any atom is 0.180 e. The van der Waals surface area contributed by atoms with E-state index < -0.39 is 0 Å². The zero-order valence-electron chi connectivity index (χ0n) is 9.20. The van der Waals surface area contributed by atoms with Gasteiger partial charge in [0.05, 0.1) is 9.75 Å². The van der Waals surface area contributed by atoms with Crippen LogP contribution in [0.1, 0.15) is 0 Å². The van der Waals surface area contributed by atoms with E-state index >= 15 is 0 Å². The van der Waals surface area contributed by atoms with Crippen molar-refractivity contribution in [3.05, 3.63) is 30.9 Å². The number of nitrogens with zero attached hydrogens (tertiary/aromatic N) is 3. The summed E-state index contributed by atoms with van der Waals surface area (Å²) < 4.78 is 0. The summed E-state index contributed by atoms with van der Waals surface area (Å²) in [6.07, 6.45) is 7.09. The van der Waals surface area contributed by atoms with Gasteiger partial charge in [0.2, 0.25) is 0 Å². The normalized spacial score (nSPS) is 10.7. The highest BCUT2D eigenvalue weighted by Gasteiger charge is 2.07. The Morgan fingerprint density at radius 2 is 1.28 bits per heavy atom. The molecule has 0 saturated heterocycles. The maximum absolute atomic E-state index is 5.63. The van der Waals surface area contributed by atoms with Crippen LogP contribution in [0.4, 0.5) is 10.3 Å². The van der Waals surface area contributed by atoms with Crippen molar-refractivity contribution >= 4 is 32.9 Å². The molecule has 3 aromatic rings. The lowest BCUT2D eigenvalue weighted by Crippen LogP contribution is -1.79. The first-order valence-electron chi connectivity index (χ1n) is 5.11. The highest BCUT2D eigenvalue weighted by Crippen LogP contribution is 2.32. The van der Waals surface area contributed by atoms with E-state index in [0.29, 0.717) is 10.3 Å². The largest absolute Gasteiger partial charge is 0.375 e. The van der Waals surface area contributed by atoms with Gasteiger partial charge in [0, 0.05) is 35.9 Å². The SMILES string of the molecule is Nc1ncc(-c2cncc(-c3cnc(N)s3)c2)s1. The Bertz CT molecular complexity index is 633. The third kappa shape index (κ3) is 2.05. The van der Waals surface area contributed by atoms with Crippen LogP contribution in [0.25, 0.3) is 20.9 Å². The Kier molecular flexibility index (Phi) is 2.69. The number of aromatic nitrogens is 3. The Hall–Kier alpha value is -1.99. The molecule has 3 aromatic heterocycles. The first-order chi connectivity index (χ1) is 8.72. The minimum atomic E-state index is 0.553. The summed E-state index contributed by atoms with van der Waals surface area (Å²) in [5, 5.41) is 1.11. The lowest BCUT2D eigenvalue weighted by Gasteiger charge is -1.99. The molecule has 0 aliphatic rings. The molecule has 5 nitrogen and oxygen atoms in total. The van der Waals surface area contributed by atoms with Crippen molar-refractivity contribution in [2.45, 2.75) is 0 Å². The number of thiazole rings is 2. The Morgan fingerprint density at radius 3 is 1.67 bits per heavy atom. The molecular weight excluding hydrogens is 266 g/mol. The minimum Gasteiger partial charge on any atom is -0.375 e. The van der Waals surface area contributed by atoms with Gasteiger partial charge in [0.1, 0.15) is 0 Å². The van der Waals surface area contributed by atoms with E-state index in [9.17, 15) is 0 Å². The molecule has 0 amide bonds. The molecule has 90 valence electrons. The Labute approximate surface area is 111 Å². The molecule has 0 aliphatic heterocycles. The van der Waals surface area contributed by atoms with Crippen LogP contribution < -0.4 is 11.5 Å². The quantitative estimate of drug-likeness (QED) is 0.749. The van der Waals surface area contributed by atoms with Crippen molar-refractivity contribution in [3.63, 3.8) is 0 Å². The number of hydrogen-bond acceptors (Lipinski definition) is 7. The number of rotatable bonds is 2. The number of nitrogen functional groups attached to an aromatic ring is 2. The van der Waals surface area contributed by atoms with Crippen molar-refractivity contribution < 1.29 is 0 Å². The van der Waals surface area contributed by atoms with E-state index in [4.69, 9.17) is 11.5 Å². The predicted molar refractivity (Wildman–Crippen MR) is 75.3 cm³/mol. The summed E-state index contributed by atoms with van der Waals surface area (Å²) in [6.45, 7) is 0. The second kappa shape index (κ2) is 4.35. The highest BCUT2D eigenvalue weighted by atomic mass is 32.1. The average Bonchev–Trinajstić information content (AvgIpc) is 2.98. The van der Waals surface area contributed by atoms with Crippen molar-refractivity contribution in [2.24, 2.45) is 0 Å². The van der Waals surface area contributed by atoms with E-state index in [0.717, 1.165) is 20.9 Å². The smallest absolute Gasteiger partial charge is 0.180 e. The Morgan fingerprint density at radius 1 is 0.778 bits per heavy atom. The third-order valence-electron chi connectivity index (χ3n) is 2.35. The fourth-order valence-electron chi connectivity index (χ4n) is 1.55. The summed E-state index contributed by atoms with van der Waals surface area (Å²) in [5.41, 5.74) is 13.3. The molecule has 0 aliphatic carbocycles. The summed E-state index contributed by atoms with van der Waals surface area (Å²) in [6, 6.07) is 2.03. The molecule has 0 bridgehead atoms. The molecule has 0 spiro atoms. The van der Waals surface area contributed by atoms with Crippen LogP contribution in [-0.4, -0.2) is 15.0 Å². The molecule has 3 rings (SSSR count). The maximum atomic E-state index is 5.63. The van der Waals surface area contributed by atoms with Gasteiger partial charge in [-0.2, -0.15) is 0 Å². The molecule has 0 atom stereocenters. The van der Waals surface area contributed by atoms with E-state index in [1.54, 1.807) is 24.8 Å². The van der Waals surface area contributed by atoms with Crippen LogP contribution in [0, 0.1) is 0 Å². The van der Waals surface area contributed by atoms with Crippen molar-refractivity contribution in [2.75, 3.05) is 11.5 Å². The number of pyridine rings is 1. The molecule has 0 saturated carbocycles. The molecule has 7 heteroatoms. The van der Waals surface area contributed by atoms with Gasteiger partial charge in [0.15, 0.2) is 10.3 Å². The lowest BCUT2D eigenvalue weighted by molar-refractivity contribution is 1.33. The van der Waals surface area contributed by atoms with Gasteiger partial charge in [-0.25, -0.2) is 9.97 Å². The van der Waals surface area contributed by atoms with Crippen LogP contribution in [-0.2, 0) is 0 Å². The highest BCUT2D eigenvalue weighted by molar-refractivity contribution is 7.19. The first-order valence-corrected chi connectivity index (χ1v) is 6.74. The standard InChI is InChI=1S/C11H9N5S2/c12-10-15-4-8(17-10)6-1-7(3-14-2-6)9-5-16-11(13)18-9/h1-5H,(H2,12,15)(H2,13,16). The number of anilines is 2. The first kappa shape index (κ1) is 11.1. The lowest BCUT2D eigenvalue weighted by atomic mass is 10.2. The van der Waals surface area contributed by atoms with Crippen LogP contribution in [0.2, 0.25) is 0 Å². The minimum absolute atomic E-state index is 0.553. The molecule has 3 heterocycles. The molecule has 4 N–H and O–H groups in total. The number of nitrogens with two attached hydrogens (primary N) is 2. The second-order valence-corrected chi connectivity index (χ2v) is 5.71. The van der Waals surface area contributed by atoms with E-state index in [1.165, 1.54) is 22.7 Å². The van der Waals surface area contributed by atoms with Gasteiger partial charge in [-0.15, -0.1) is 0 Å². The number of hydrogen-bond donors (Lipinski definition) is 2. The van der Waals surface area contributed by atoms with Crippen molar-refractivity contribution in [3.8, 4) is 20.9 Å². The van der Waals surface area contributed by atoms with E-state index in [-0.39, 0.29) is 0 Å². The van der Waals surface area contributed by atoms with Gasteiger partial charge >= 0.3 is 0 Å². The molecule has 18 heavy (non-hydrogen) atoms. The van der Waals surface area contributed by atoms with E-state index in [1.807, 2.05) is 6.07 Å². The fraction of sp³-hybridized carbons (Fsp3) is 0.